The fourth-order valence-corrected chi connectivity index (χ4v) is 19.3. The molecule has 0 atom stereocenters. The second kappa shape index (κ2) is 38.7. The molecule has 0 radical (unpaired) electrons. The first-order valence-electron chi connectivity index (χ1n) is 40.9. The number of aromatic carboxylic acids is 3. The smallest absolute Gasteiger partial charge is 0.335 e. The van der Waals surface area contributed by atoms with Crippen LogP contribution in [0.4, 0.5) is 5.69 Å². The number of carbonyl (C=O) groups excluding carboxylic acids is 5. The molecule has 614 valence electrons. The van der Waals surface area contributed by atoms with Crippen molar-refractivity contribution in [3.63, 3.8) is 0 Å². The van der Waals surface area contributed by atoms with E-state index in [1.165, 1.54) is 61.6 Å². The summed E-state index contributed by atoms with van der Waals surface area (Å²) in [4.78, 5) is 108. The zero-order chi connectivity index (χ0) is 82.7. The summed E-state index contributed by atoms with van der Waals surface area (Å²) in [5, 5.41) is 33.2. The van der Waals surface area contributed by atoms with Gasteiger partial charge in [0.15, 0.2) is 12.1 Å². The van der Waals surface area contributed by atoms with Crippen molar-refractivity contribution < 1.29 is 67.9 Å². The lowest BCUT2D eigenvalue weighted by molar-refractivity contribution is -0.136. The molecule has 7 aromatic carbocycles. The zero-order valence-corrected chi connectivity index (χ0v) is 70.9. The van der Waals surface area contributed by atoms with Gasteiger partial charge >= 0.3 is 17.9 Å². The molecule has 0 spiro atoms. The molecule has 4 aromatic heterocycles. The third kappa shape index (κ3) is 19.3. The molecule has 5 N–H and O–H groups in total. The highest BCUT2D eigenvalue weighted by Crippen LogP contribution is 2.48. The molecule has 22 nitrogen and oxygen atoms in total. The summed E-state index contributed by atoms with van der Waals surface area (Å²) in [6.45, 7) is 8.69. The third-order valence-corrected chi connectivity index (χ3v) is 25.7. The van der Waals surface area contributed by atoms with Crippen LogP contribution in [-0.2, 0) is 48.2 Å². The van der Waals surface area contributed by atoms with E-state index in [1.54, 1.807) is 61.5 Å². The zero-order valence-electron chi connectivity index (χ0n) is 66.1. The van der Waals surface area contributed by atoms with Crippen LogP contribution in [0, 0.1) is 0 Å². The number of ketones is 1. The summed E-state index contributed by atoms with van der Waals surface area (Å²) < 4.78 is 25.1. The number of nitrogen functional groups attached to an aromatic ring is 1. The number of benzene rings is 7. The van der Waals surface area contributed by atoms with Gasteiger partial charge in [-0.15, -0.1) is 0 Å². The third-order valence-electron chi connectivity index (χ3n) is 23.8. The predicted octanol–water partition coefficient (Wildman–Crippen LogP) is 18.9. The van der Waals surface area contributed by atoms with Crippen molar-refractivity contribution in [3.8, 4) is 33.8 Å². The minimum absolute atomic E-state index is 0.00296. The fraction of sp³-hybridized carbons (Fsp3) is 0.366. The van der Waals surface area contributed by atoms with E-state index in [0.29, 0.717) is 113 Å². The van der Waals surface area contributed by atoms with Crippen molar-refractivity contribution in [1.82, 2.24) is 33.4 Å². The minimum Gasteiger partial charge on any atom is -0.478 e. The molecule has 17 rings (SSSR count). The lowest BCUT2D eigenvalue weighted by atomic mass is 9.81. The second-order valence-electron chi connectivity index (χ2n) is 31.2. The van der Waals surface area contributed by atoms with Crippen LogP contribution in [0.25, 0.3) is 77.4 Å². The summed E-state index contributed by atoms with van der Waals surface area (Å²) in [5.74, 6) is -1.74. The minimum atomic E-state index is -0.990. The van der Waals surface area contributed by atoms with Gasteiger partial charge in [0.1, 0.15) is 19.6 Å². The van der Waals surface area contributed by atoms with Crippen LogP contribution in [0.15, 0.2) is 165 Å². The average Bonchev–Trinajstić information content (AvgIpc) is 1.60. The molecular formula is C93H97Br3N8O14. The number of halogens is 3. The Bertz CT molecular complexity index is 5560. The molecule has 11 aromatic rings. The lowest BCUT2D eigenvalue weighted by Crippen LogP contribution is -2.42. The second-order valence-corrected chi connectivity index (χ2v) is 33.8. The largest absolute Gasteiger partial charge is 0.478 e. The van der Waals surface area contributed by atoms with Crippen LogP contribution in [0.3, 0.4) is 0 Å². The van der Waals surface area contributed by atoms with Crippen LogP contribution < -0.4 is 5.73 Å². The Morgan fingerprint density at radius 1 is 0.424 bits per heavy atom. The van der Waals surface area contributed by atoms with Gasteiger partial charge in [-0.05, 0) is 186 Å². The van der Waals surface area contributed by atoms with Crippen molar-refractivity contribution in [2.24, 2.45) is 0 Å². The maximum Gasteiger partial charge on any atom is 0.335 e. The lowest BCUT2D eigenvalue weighted by Gasteiger charge is -2.28. The highest BCUT2D eigenvalue weighted by atomic mass is 79.9. The number of aldehydes is 1. The molecule has 0 unspecified atom stereocenters. The van der Waals surface area contributed by atoms with Crippen molar-refractivity contribution in [2.45, 2.75) is 141 Å². The molecule has 6 aliphatic rings. The Hall–Kier alpha value is -10.2. The maximum atomic E-state index is 13.7. The number of rotatable bonds is 17. The number of carbonyl (C=O) groups is 8. The molecule has 3 saturated heterocycles. The van der Waals surface area contributed by atoms with E-state index >= 15 is 0 Å². The number of carboxylic acids is 3. The number of morpholine rings is 3. The number of nitrogens with two attached hydrogens (primary N) is 1. The van der Waals surface area contributed by atoms with Crippen molar-refractivity contribution in [1.29, 1.82) is 0 Å². The number of hydrogen-bond donors (Lipinski definition) is 4. The first-order valence-corrected chi connectivity index (χ1v) is 43.3. The summed E-state index contributed by atoms with van der Waals surface area (Å²) in [6.07, 6.45) is 18.1. The van der Waals surface area contributed by atoms with Gasteiger partial charge in [0.05, 0.1) is 100 Å². The van der Waals surface area contributed by atoms with Gasteiger partial charge in [-0.3, -0.25) is 24.0 Å². The molecule has 118 heavy (non-hydrogen) atoms. The molecule has 3 saturated carbocycles. The van der Waals surface area contributed by atoms with Gasteiger partial charge in [-0.2, -0.15) is 0 Å². The average molecular weight is 1790 g/mol. The van der Waals surface area contributed by atoms with E-state index in [0.717, 1.165) is 149 Å². The molecular weight excluding hydrogens is 1690 g/mol. The Morgan fingerprint density at radius 2 is 0.788 bits per heavy atom. The van der Waals surface area contributed by atoms with Crippen molar-refractivity contribution in [3.05, 3.63) is 210 Å². The van der Waals surface area contributed by atoms with Crippen LogP contribution in [0.1, 0.15) is 189 Å². The molecule has 3 aliphatic heterocycles. The molecule has 0 bridgehead atoms. The van der Waals surface area contributed by atoms with Crippen LogP contribution >= 0.6 is 47.8 Å². The highest BCUT2D eigenvalue weighted by Gasteiger charge is 2.34. The van der Waals surface area contributed by atoms with Gasteiger partial charge in [-0.1, -0.05) is 162 Å². The number of fused-ring (bicyclic) bond motifs is 4. The van der Waals surface area contributed by atoms with E-state index in [-0.39, 0.29) is 59.8 Å². The van der Waals surface area contributed by atoms with E-state index in [9.17, 15) is 53.7 Å². The Morgan fingerprint density at radius 3 is 1.19 bits per heavy atom. The molecule has 25 heteroatoms. The van der Waals surface area contributed by atoms with E-state index in [1.807, 2.05) is 84.5 Å². The summed E-state index contributed by atoms with van der Waals surface area (Å²) in [7, 11) is 0. The first kappa shape index (κ1) is 84.3. The quantitative estimate of drug-likeness (QED) is 0.0374. The number of Topliss-reactive ketones (excluding diaryl/α,β-unsaturated/α-hetero) is 1. The number of aromatic nitrogens is 4. The van der Waals surface area contributed by atoms with Crippen LogP contribution in [0.2, 0.25) is 0 Å². The van der Waals surface area contributed by atoms with Gasteiger partial charge in [-0.25, -0.2) is 19.4 Å². The first-order chi connectivity index (χ1) is 57.2. The highest BCUT2D eigenvalue weighted by molar-refractivity contribution is 9.11. The molecule has 6 fully saturated rings. The van der Waals surface area contributed by atoms with Crippen LogP contribution in [0.5, 0.6) is 0 Å². The van der Waals surface area contributed by atoms with Crippen molar-refractivity contribution >= 4 is 145 Å². The van der Waals surface area contributed by atoms with Gasteiger partial charge in [0.2, 0.25) is 17.7 Å². The number of nitrogens with zero attached hydrogens (tertiary/aromatic N) is 7. The van der Waals surface area contributed by atoms with Crippen molar-refractivity contribution in [2.75, 3.05) is 84.6 Å². The Labute approximate surface area is 710 Å². The Balaban J connectivity index is 0.000000140. The molecule has 3 aliphatic carbocycles. The van der Waals surface area contributed by atoms with E-state index in [4.69, 9.17) is 24.9 Å². The number of hydrogen-bond acceptors (Lipinski definition) is 13. The maximum absolute atomic E-state index is 13.7. The SMILES string of the molecule is CC(=O)c1ccc(-c2c(C3CCCCC3)c3ccc(C(=O)O)cc3n2CC(=O)N2CCOCC2)cc1.Nc1ccc(Br)cc1C=O.O=C(O)c1ccc2c(C3CCCCC3)c(-c3ccc(-c4ccc5cc(Br)ccc5n4)cc3)n(CC(=O)N3CCOCC3)c2c1.O=C(O)c1ccc2c(C3CCCCC3)c(Br)n(CC(=O)N3CCOCC3)c2c1. The Kier molecular flexibility index (Phi) is 27.7. The summed E-state index contributed by atoms with van der Waals surface area (Å²) in [5.41, 5.74) is 20.6. The standard InChI is InChI=1S/C36H34BrN3O4.C29H32N2O5.C21H25BrN2O4.C7H6BrNO/c37-28-12-15-31-26(20-28)11-14-30(38-31)23-6-8-25(9-7-23)35-34(24-4-2-1-3-5-24)29-13-10-27(36(42)43)21-32(29)40(35)22-33(41)39-16-18-44-19-17-39;1-19(32)20-7-9-22(10-8-20)28-27(21-5-3-2-4-6-21)24-12-11-23(29(34)35)17-25(24)31(28)18-26(33)30-13-15-36-16-14-30;22-20-19(14-4-2-1-3-5-14)16-7-6-15(21(26)27)12-17(16)24(20)13-18(25)23-8-10-28-11-9-23;8-6-1-2-7(9)5(3-6)4-10/h6-15,20-21,24H,1-5,16-19,22H2,(H,42,43);7-12,17,21H,2-6,13-16,18H2,1H3,(H,34,35);6-7,12,14H,1-5,8-11,13H2,(H,26,27);1-4H,9H2. The number of carboxylic acid groups (broad SMARTS) is 3. The monoisotopic (exact) mass is 1790 g/mol. The summed E-state index contributed by atoms with van der Waals surface area (Å²) >= 11 is 10.5. The number of pyridine rings is 1. The van der Waals surface area contributed by atoms with E-state index < -0.39 is 17.9 Å². The molecule has 7 heterocycles. The van der Waals surface area contributed by atoms with Gasteiger partial charge in [0, 0.05) is 92.1 Å². The predicted molar refractivity (Wildman–Crippen MR) is 467 cm³/mol. The van der Waals surface area contributed by atoms with Gasteiger partial charge < -0.3 is 63.7 Å². The number of anilines is 1. The fourth-order valence-electron chi connectivity index (χ4n) is 17.7. The van der Waals surface area contributed by atoms with E-state index in [2.05, 4.69) is 88.8 Å². The molecule has 3 amide bonds. The normalized spacial score (nSPS) is 16.3. The summed E-state index contributed by atoms with van der Waals surface area (Å²) in [6, 6.07) is 47.3. The topological polar surface area (TPSA) is 288 Å². The van der Waals surface area contributed by atoms with Crippen LogP contribution in [-0.4, -0.2) is 175 Å². The van der Waals surface area contributed by atoms with Gasteiger partial charge in [0.25, 0.3) is 0 Å². The number of ether oxygens (including phenoxy) is 3. The number of amides is 3.